The fraction of sp³-hybridized carbons (Fsp3) is 0.524. The van der Waals surface area contributed by atoms with Gasteiger partial charge in [-0.2, -0.15) is 5.10 Å². The van der Waals surface area contributed by atoms with Crippen molar-refractivity contribution in [2.24, 2.45) is 13.0 Å². The van der Waals surface area contributed by atoms with Gasteiger partial charge in [0.2, 0.25) is 0 Å². The van der Waals surface area contributed by atoms with Crippen molar-refractivity contribution in [1.82, 2.24) is 19.2 Å². The van der Waals surface area contributed by atoms with Gasteiger partial charge in [-0.1, -0.05) is 0 Å². The van der Waals surface area contributed by atoms with Crippen LogP contribution >= 0.6 is 0 Å². The molecule has 1 aliphatic heterocycles. The molecule has 0 N–H and O–H groups in total. The summed E-state index contributed by atoms with van der Waals surface area (Å²) in [5, 5.41) is 4.61. The standard InChI is InChI=1S/C21H26N4O3/c1-23-10-4-6-17(20(23)27)21(28)24-11-8-15(9-12-24)14-25-19(26)13-16-5-2-3-7-18(16)22-25/h4,6,10,13,15H,2-3,5,7-9,11-12,14H2,1H3. The van der Waals surface area contributed by atoms with Crippen LogP contribution in [-0.2, 0) is 26.4 Å². The van der Waals surface area contributed by atoms with Crippen molar-refractivity contribution in [2.45, 2.75) is 45.1 Å². The second-order valence-electron chi connectivity index (χ2n) is 7.92. The molecule has 0 saturated carbocycles. The van der Waals surface area contributed by atoms with Gasteiger partial charge in [-0.05, 0) is 62.1 Å². The highest BCUT2D eigenvalue weighted by molar-refractivity contribution is 5.93. The molecule has 0 aromatic carbocycles. The minimum Gasteiger partial charge on any atom is -0.338 e. The molecule has 0 atom stereocenters. The van der Waals surface area contributed by atoms with Gasteiger partial charge >= 0.3 is 0 Å². The molecule has 3 heterocycles. The SMILES string of the molecule is Cn1cccc(C(=O)N2CCC(Cn3nc4c(cc3=O)CCCC4)CC2)c1=O. The van der Waals surface area contributed by atoms with E-state index in [9.17, 15) is 14.4 Å². The number of hydrogen-bond donors (Lipinski definition) is 0. The second kappa shape index (κ2) is 7.73. The van der Waals surface area contributed by atoms with E-state index < -0.39 is 0 Å². The molecule has 0 spiro atoms. The van der Waals surface area contributed by atoms with Crippen LogP contribution in [0.4, 0.5) is 0 Å². The number of carbonyl (C=O) groups excluding carboxylic acids is 1. The van der Waals surface area contributed by atoms with E-state index in [1.54, 1.807) is 41.0 Å². The Hall–Kier alpha value is -2.70. The summed E-state index contributed by atoms with van der Waals surface area (Å²) in [5.74, 6) is 0.109. The van der Waals surface area contributed by atoms with Crippen molar-refractivity contribution in [3.05, 3.63) is 61.9 Å². The molecule has 7 nitrogen and oxygen atoms in total. The van der Waals surface area contributed by atoms with Crippen LogP contribution in [0.2, 0.25) is 0 Å². The van der Waals surface area contributed by atoms with Crippen molar-refractivity contribution >= 4 is 5.91 Å². The number of piperidine rings is 1. The second-order valence-corrected chi connectivity index (χ2v) is 7.92. The number of hydrogen-bond acceptors (Lipinski definition) is 4. The molecule has 1 aliphatic carbocycles. The lowest BCUT2D eigenvalue weighted by Crippen LogP contribution is -2.42. The molecule has 148 valence electrons. The minimum atomic E-state index is -0.264. The fourth-order valence-corrected chi connectivity index (χ4v) is 4.23. The van der Waals surface area contributed by atoms with Crippen molar-refractivity contribution in [3.63, 3.8) is 0 Å². The summed E-state index contributed by atoms with van der Waals surface area (Å²) in [7, 11) is 1.65. The van der Waals surface area contributed by atoms with Gasteiger partial charge in [-0.25, -0.2) is 4.68 Å². The number of nitrogens with zero attached hydrogens (tertiary/aromatic N) is 4. The first-order valence-electron chi connectivity index (χ1n) is 10.1. The van der Waals surface area contributed by atoms with Gasteiger partial charge < -0.3 is 9.47 Å². The zero-order valence-electron chi connectivity index (χ0n) is 16.3. The molecule has 1 saturated heterocycles. The molecule has 1 fully saturated rings. The van der Waals surface area contributed by atoms with Crippen LogP contribution in [0.5, 0.6) is 0 Å². The minimum absolute atomic E-state index is 0.0214. The predicted molar refractivity (Wildman–Crippen MR) is 105 cm³/mol. The maximum Gasteiger partial charge on any atom is 0.267 e. The van der Waals surface area contributed by atoms with E-state index in [-0.39, 0.29) is 22.6 Å². The number of likely N-dealkylation sites (tertiary alicyclic amines) is 1. The molecule has 0 radical (unpaired) electrons. The van der Waals surface area contributed by atoms with Crippen molar-refractivity contribution in [1.29, 1.82) is 0 Å². The Morgan fingerprint density at radius 1 is 1.18 bits per heavy atom. The molecule has 4 rings (SSSR count). The highest BCUT2D eigenvalue weighted by atomic mass is 16.2. The van der Waals surface area contributed by atoms with Gasteiger partial charge in [-0.3, -0.25) is 14.4 Å². The molecular weight excluding hydrogens is 356 g/mol. The average Bonchev–Trinajstić information content (AvgIpc) is 2.71. The van der Waals surface area contributed by atoms with Gasteiger partial charge in [0.25, 0.3) is 17.0 Å². The molecule has 7 heteroatoms. The van der Waals surface area contributed by atoms with Crippen LogP contribution in [-0.4, -0.2) is 38.2 Å². The first-order chi connectivity index (χ1) is 13.5. The van der Waals surface area contributed by atoms with Crippen LogP contribution in [0.25, 0.3) is 0 Å². The quantitative estimate of drug-likeness (QED) is 0.803. The smallest absolute Gasteiger partial charge is 0.267 e. The summed E-state index contributed by atoms with van der Waals surface area (Å²) in [6, 6.07) is 5.06. The van der Waals surface area contributed by atoms with Gasteiger partial charge in [0, 0.05) is 38.9 Å². The summed E-state index contributed by atoms with van der Waals surface area (Å²) in [6.45, 7) is 1.80. The predicted octanol–water partition coefficient (Wildman–Crippen LogP) is 1.37. The van der Waals surface area contributed by atoms with Crippen LogP contribution < -0.4 is 11.1 Å². The maximum absolute atomic E-state index is 12.7. The number of amides is 1. The highest BCUT2D eigenvalue weighted by Crippen LogP contribution is 2.21. The molecule has 2 aromatic rings. The zero-order valence-corrected chi connectivity index (χ0v) is 16.3. The Balaban J connectivity index is 1.41. The van der Waals surface area contributed by atoms with E-state index in [2.05, 4.69) is 5.10 Å². The Morgan fingerprint density at radius 3 is 2.71 bits per heavy atom. The Bertz CT molecular complexity index is 999. The van der Waals surface area contributed by atoms with Crippen LogP contribution in [0.15, 0.2) is 34.0 Å². The summed E-state index contributed by atoms with van der Waals surface area (Å²) < 4.78 is 3.04. The molecule has 0 bridgehead atoms. The summed E-state index contributed by atoms with van der Waals surface area (Å²) in [6.07, 6.45) is 7.45. The number of pyridine rings is 1. The van der Waals surface area contributed by atoms with Gasteiger partial charge in [0.15, 0.2) is 0 Å². The largest absolute Gasteiger partial charge is 0.338 e. The third-order valence-electron chi connectivity index (χ3n) is 5.96. The summed E-state index contributed by atoms with van der Waals surface area (Å²) >= 11 is 0. The van der Waals surface area contributed by atoms with Crippen LogP contribution in [0.3, 0.4) is 0 Å². The Labute approximate surface area is 163 Å². The molecule has 2 aromatic heterocycles. The van der Waals surface area contributed by atoms with E-state index in [4.69, 9.17) is 0 Å². The number of carbonyl (C=O) groups is 1. The highest BCUT2D eigenvalue weighted by Gasteiger charge is 2.26. The van der Waals surface area contributed by atoms with E-state index in [0.29, 0.717) is 25.6 Å². The average molecular weight is 382 g/mol. The topological polar surface area (TPSA) is 77.2 Å². The third kappa shape index (κ3) is 3.66. The number of aromatic nitrogens is 3. The number of rotatable bonds is 3. The molecule has 0 unspecified atom stereocenters. The lowest BCUT2D eigenvalue weighted by Gasteiger charge is -2.32. The Kier molecular flexibility index (Phi) is 5.15. The van der Waals surface area contributed by atoms with Gasteiger partial charge in [-0.15, -0.1) is 0 Å². The lowest BCUT2D eigenvalue weighted by molar-refractivity contribution is 0.0678. The molecular formula is C21H26N4O3. The van der Waals surface area contributed by atoms with E-state index >= 15 is 0 Å². The molecule has 1 amide bonds. The fourth-order valence-electron chi connectivity index (χ4n) is 4.23. The van der Waals surface area contributed by atoms with Crippen LogP contribution in [0.1, 0.15) is 47.3 Å². The Morgan fingerprint density at radius 2 is 1.93 bits per heavy atom. The van der Waals surface area contributed by atoms with Gasteiger partial charge in [0.1, 0.15) is 5.56 Å². The number of fused-ring (bicyclic) bond motifs is 1. The van der Waals surface area contributed by atoms with Gasteiger partial charge in [0.05, 0.1) is 5.69 Å². The van der Waals surface area contributed by atoms with E-state index in [1.165, 1.54) is 4.57 Å². The summed E-state index contributed by atoms with van der Waals surface area (Å²) in [4.78, 5) is 39.0. The monoisotopic (exact) mass is 382 g/mol. The zero-order chi connectivity index (χ0) is 19.7. The normalized spacial score (nSPS) is 17.4. The van der Waals surface area contributed by atoms with E-state index in [0.717, 1.165) is 49.8 Å². The first-order valence-corrected chi connectivity index (χ1v) is 10.1. The molecule has 28 heavy (non-hydrogen) atoms. The van der Waals surface area contributed by atoms with Crippen LogP contribution in [0, 0.1) is 5.92 Å². The third-order valence-corrected chi connectivity index (χ3v) is 5.96. The van der Waals surface area contributed by atoms with Crippen molar-refractivity contribution in [2.75, 3.05) is 13.1 Å². The maximum atomic E-state index is 12.7. The number of aryl methyl sites for hydroxylation is 3. The summed E-state index contributed by atoms with van der Waals surface area (Å²) in [5.41, 5.74) is 2.11. The van der Waals surface area contributed by atoms with Crippen molar-refractivity contribution < 1.29 is 4.79 Å². The first kappa shape index (κ1) is 18.7. The van der Waals surface area contributed by atoms with Crippen molar-refractivity contribution in [3.8, 4) is 0 Å². The van der Waals surface area contributed by atoms with E-state index in [1.807, 2.05) is 0 Å². The molecule has 2 aliphatic rings. The lowest BCUT2D eigenvalue weighted by atomic mass is 9.95.